The number of nitrogens with zero attached hydrogens (tertiary/aromatic N) is 4. The molecule has 638 valence electrons. The third kappa shape index (κ3) is 17.6. The van der Waals surface area contributed by atoms with E-state index >= 15 is 0 Å². The van der Waals surface area contributed by atoms with E-state index in [0.717, 1.165) is 174 Å². The van der Waals surface area contributed by atoms with E-state index in [1.807, 2.05) is 24.3 Å². The third-order valence-electron chi connectivity index (χ3n) is 27.5. The Bertz CT molecular complexity index is 5210. The molecule has 8 amide bonds. The standard InChI is InChI=1S/C22H22BrN3O.C22H21BrN2O2.C22H21BrN2OS.C21H19BrN2O2.C4H10O2.C2H6O.CH2O3.2K.H3N.H/c1-26-19(27)22(25-20(26)24)18-12-17(23)7-6-16(18)13-21(22)10-8-14-4-2-3-5-15(14)9-11-21;2*1-25-19(26)22(24-20(25)27)18-12-17(23)7-6-16(18)13-21(22)10-8-14-4-2-3-5-15(14)9-11-21;22-16-6-5-15-12-20(9-7-13-3-1-2-4-14(13)8-10-20)21(17(15)11-16)18(25)23-19(26)24-21;1-4(2,3)6-5;1-2-3;2-1-4-3;;;;/h2-7,12H,8-11,13H2,1H3,(H2,24,25);2*2-7,12H,8-11,13H2,1H3,(H,24,27);1-6,11H,7-10,12H2,(H2,23,24,25,26);5H,1-3H3;3H,2H2,1H3;1,3H;;;1H3;/q;;;;;;;2*+1;;-1/p-1. The molecule has 12 aliphatic rings. The van der Waals surface area contributed by atoms with Gasteiger partial charge in [0.2, 0.25) is 0 Å². The Kier molecular flexibility index (Phi) is 31.4. The number of benzene rings is 8. The molecule has 3 fully saturated rings. The van der Waals surface area contributed by atoms with Crippen LogP contribution in [-0.4, -0.2) is 112 Å². The number of rotatable bonds is 1. The van der Waals surface area contributed by atoms with E-state index in [1.165, 1.54) is 71.0 Å². The summed E-state index contributed by atoms with van der Waals surface area (Å²) < 4.78 is 3.85. The van der Waals surface area contributed by atoms with Gasteiger partial charge in [-0.15, -0.1) is 0 Å². The molecule has 8 spiro atoms. The second kappa shape index (κ2) is 39.4. The first-order valence-corrected chi connectivity index (χ1v) is 44.5. The molecular weight excluding hydrogens is 1890 g/mol. The number of aryl methyl sites for hydroxylation is 8. The zero-order valence-corrected chi connectivity index (χ0v) is 84.5. The summed E-state index contributed by atoms with van der Waals surface area (Å²) in [7, 11) is 5.12. The average Bonchev–Trinajstić information content (AvgIpc) is 1.57. The van der Waals surface area contributed by atoms with Crippen LogP contribution in [0.3, 0.4) is 0 Å². The Balaban J connectivity index is 0.000000163. The van der Waals surface area contributed by atoms with Crippen molar-refractivity contribution in [2.75, 3.05) is 27.7 Å². The average molecular weight is 2000 g/mol. The van der Waals surface area contributed by atoms with Crippen molar-refractivity contribution in [3.63, 3.8) is 0 Å². The van der Waals surface area contributed by atoms with Crippen LogP contribution in [0.15, 0.2) is 193 Å². The van der Waals surface area contributed by atoms with Crippen molar-refractivity contribution in [3.05, 3.63) is 277 Å². The first kappa shape index (κ1) is 98.0. The number of amides is 8. The number of likely N-dealkylation sites (N-methyl/N-ethyl adjacent to an activating group) is 3. The summed E-state index contributed by atoms with van der Waals surface area (Å²) in [5, 5.41) is 36.7. The van der Waals surface area contributed by atoms with Gasteiger partial charge in [0.1, 0.15) is 0 Å². The molecule has 0 radical (unpaired) electrons. The fraction of sp³-hybridized carbons (Fsp3) is 0.394. The Hall–Kier alpha value is -5.60. The maximum Gasteiger partial charge on any atom is 1.00 e. The summed E-state index contributed by atoms with van der Waals surface area (Å²) in [6, 6.07) is 58.7. The zero-order chi connectivity index (χ0) is 85.7. The summed E-state index contributed by atoms with van der Waals surface area (Å²) in [6.45, 7) is 7.06. The van der Waals surface area contributed by atoms with Gasteiger partial charge in [0.25, 0.3) is 30.1 Å². The van der Waals surface area contributed by atoms with Crippen molar-refractivity contribution in [3.8, 4) is 0 Å². The third-order valence-corrected chi connectivity index (χ3v) is 29.8. The fourth-order valence-corrected chi connectivity index (χ4v) is 23.4. The number of carbonyl (C=O) groups excluding carboxylic acids is 7. The number of aliphatic hydroxyl groups is 1. The number of hydrogen-bond donors (Lipinski definition) is 8. The molecule has 11 N–H and O–H groups in total. The normalized spacial score (nSPS) is 23.1. The van der Waals surface area contributed by atoms with E-state index in [2.05, 4.69) is 240 Å². The molecule has 4 aliphatic heterocycles. The molecule has 29 heteroatoms. The van der Waals surface area contributed by atoms with Gasteiger partial charge in [0.05, 0.1) is 5.60 Å². The molecule has 123 heavy (non-hydrogen) atoms. The molecule has 8 aromatic rings. The summed E-state index contributed by atoms with van der Waals surface area (Å²) in [6.07, 6.45) is 18.4. The van der Waals surface area contributed by atoms with Crippen molar-refractivity contribution in [2.45, 2.75) is 184 Å². The molecule has 0 bridgehead atoms. The van der Waals surface area contributed by atoms with E-state index in [1.54, 1.807) is 53.7 Å². The van der Waals surface area contributed by atoms with Crippen LogP contribution < -0.4 is 141 Å². The number of guanidine groups is 1. The fourth-order valence-electron chi connectivity index (χ4n) is 21.7. The Morgan fingerprint density at radius 3 is 1.03 bits per heavy atom. The number of aliphatic hydroxyl groups excluding tert-OH is 1. The van der Waals surface area contributed by atoms with Crippen LogP contribution in [0.2, 0.25) is 0 Å². The van der Waals surface area contributed by atoms with Gasteiger partial charge in [0.15, 0.2) is 33.2 Å². The monoisotopic (exact) mass is 1990 g/mol. The number of imide groups is 2. The number of aliphatic imine (C=N–C) groups is 1. The largest absolute Gasteiger partial charge is 1.00 e. The van der Waals surface area contributed by atoms with Gasteiger partial charge in [-0.1, -0.05) is 185 Å². The van der Waals surface area contributed by atoms with Gasteiger partial charge in [0, 0.05) is 67.3 Å². The molecule has 8 aromatic carbocycles. The molecule has 4 unspecified atom stereocenters. The maximum absolute atomic E-state index is 13.6. The minimum atomic E-state index is -0.967. The van der Waals surface area contributed by atoms with E-state index in [9.17, 15) is 28.8 Å². The zero-order valence-electron chi connectivity index (χ0n) is 72.1. The van der Waals surface area contributed by atoms with Crippen molar-refractivity contribution in [2.24, 2.45) is 32.4 Å². The van der Waals surface area contributed by atoms with Gasteiger partial charge in [-0.25, -0.2) is 19.5 Å². The molecule has 4 atom stereocenters. The molecule has 20 rings (SSSR count). The summed E-state index contributed by atoms with van der Waals surface area (Å²) >= 11 is 19.8. The Morgan fingerprint density at radius 1 is 0.480 bits per heavy atom. The minimum Gasteiger partial charge on any atom is -1.00 e. The maximum atomic E-state index is 13.6. The number of hydrogen-bond acceptors (Lipinski definition) is 16. The number of carbonyl (C=O) groups is 7. The van der Waals surface area contributed by atoms with Crippen LogP contribution in [0.5, 0.6) is 0 Å². The van der Waals surface area contributed by atoms with Crippen LogP contribution in [0.1, 0.15) is 170 Å². The second-order valence-electron chi connectivity index (χ2n) is 34.6. The minimum absolute atomic E-state index is 0. The van der Waals surface area contributed by atoms with Crippen molar-refractivity contribution >= 4 is 129 Å². The number of thiocarbonyl (C=S) groups is 1. The molecular formula is C94H104Br4K2N10O12S. The second-order valence-corrected chi connectivity index (χ2v) is 38.7. The molecule has 3 saturated heterocycles. The molecule has 8 aliphatic carbocycles. The van der Waals surface area contributed by atoms with Crippen LogP contribution in [-0.2, 0) is 133 Å². The Labute approximate surface area is 844 Å². The predicted octanol–water partition coefficient (Wildman–Crippen LogP) is 9.21. The van der Waals surface area contributed by atoms with Crippen LogP contribution in [0.25, 0.3) is 0 Å². The SMILES string of the molecule is CC(C)(C)OO.CCO.CN1C(=O)C2(N=C1N)c1cc(Br)ccc1CC21CCc2ccccc2CC1.CN1C(=O)C2(NC1=S)c1cc(Br)ccc1CC21CCc2ccccc2CC1.CN1C(=O)NC2(C1=O)c1cc(Br)ccc1CC21CCc2ccccc2CC1.N.O=C1NC(=O)C2(N1)c1cc(Br)ccc1CC21CCc2ccccc2CC1.O=CO[O-].[H-].[K+].[K+]. The van der Waals surface area contributed by atoms with Crippen LogP contribution >= 0.6 is 75.9 Å². The summed E-state index contributed by atoms with van der Waals surface area (Å²) in [5.41, 5.74) is 21.2. The van der Waals surface area contributed by atoms with Gasteiger partial charge in [-0.3, -0.25) is 49.2 Å². The van der Waals surface area contributed by atoms with Gasteiger partial charge in [-0.05, 0) is 306 Å². The van der Waals surface area contributed by atoms with Crippen LogP contribution in [0.4, 0.5) is 9.59 Å². The van der Waals surface area contributed by atoms with Gasteiger partial charge < -0.3 is 44.5 Å². The van der Waals surface area contributed by atoms with Crippen molar-refractivity contribution in [1.82, 2.24) is 42.1 Å². The summed E-state index contributed by atoms with van der Waals surface area (Å²) in [4.78, 5) is 103. The number of halogens is 4. The van der Waals surface area contributed by atoms with E-state index < -0.39 is 27.8 Å². The first-order valence-electron chi connectivity index (χ1n) is 40.9. The smallest absolute Gasteiger partial charge is 1.00 e. The summed E-state index contributed by atoms with van der Waals surface area (Å²) in [5.74, 6) is 0.118. The number of nitrogens with one attached hydrogen (secondary N) is 4. The first-order chi connectivity index (χ1) is 57.3. The van der Waals surface area contributed by atoms with Gasteiger partial charge >= 0.3 is 115 Å². The molecule has 0 saturated carbocycles. The topological polar surface area (TPSA) is 333 Å². The molecule has 4 heterocycles. The number of urea groups is 2. The number of nitrogens with two attached hydrogens (primary N) is 1. The van der Waals surface area contributed by atoms with E-state index in [-0.39, 0.29) is 181 Å². The van der Waals surface area contributed by atoms with Crippen molar-refractivity contribution < 1.29 is 163 Å². The van der Waals surface area contributed by atoms with Crippen LogP contribution in [0, 0.1) is 21.7 Å². The van der Waals surface area contributed by atoms with E-state index in [4.69, 9.17) is 43.4 Å². The van der Waals surface area contributed by atoms with Gasteiger partial charge in [-0.2, -0.15) is 0 Å². The molecule has 0 aromatic heterocycles. The predicted molar refractivity (Wildman–Crippen MR) is 481 cm³/mol. The molecule has 22 nitrogen and oxygen atoms in total. The van der Waals surface area contributed by atoms with E-state index in [0.29, 0.717) is 11.1 Å². The van der Waals surface area contributed by atoms with Crippen molar-refractivity contribution in [1.29, 1.82) is 0 Å². The Morgan fingerprint density at radius 2 is 0.764 bits per heavy atom. The quantitative estimate of drug-likeness (QED) is 0.0189. The number of fused-ring (bicyclic) bond motifs is 16.